The lowest BCUT2D eigenvalue weighted by molar-refractivity contribution is -0.122. The number of fused-ring (bicyclic) bond motifs is 1. The maximum Gasteiger partial charge on any atom is 0.238 e. The van der Waals surface area contributed by atoms with E-state index in [9.17, 15) is 14.4 Å². The van der Waals surface area contributed by atoms with Crippen LogP contribution in [0.2, 0.25) is 5.02 Å². The van der Waals surface area contributed by atoms with Crippen molar-refractivity contribution in [2.24, 2.45) is 11.8 Å². The first kappa shape index (κ1) is 16.7. The number of carbonyl (C=O) groups excluding carboxylic acids is 3. The number of rotatable bonds is 3. The van der Waals surface area contributed by atoms with E-state index in [0.29, 0.717) is 29.1 Å². The van der Waals surface area contributed by atoms with E-state index in [1.165, 1.54) is 11.0 Å². The van der Waals surface area contributed by atoms with Crippen molar-refractivity contribution >= 4 is 34.9 Å². The number of anilines is 1. The van der Waals surface area contributed by atoms with Gasteiger partial charge in [0.1, 0.15) is 0 Å². The van der Waals surface area contributed by atoms with Crippen molar-refractivity contribution in [1.82, 2.24) is 0 Å². The second-order valence-electron chi connectivity index (χ2n) is 6.52. The molecule has 0 bridgehead atoms. The van der Waals surface area contributed by atoms with Crippen LogP contribution < -0.4 is 4.90 Å². The highest BCUT2D eigenvalue weighted by atomic mass is 35.5. The van der Waals surface area contributed by atoms with Gasteiger partial charge in [-0.15, -0.1) is 0 Å². The van der Waals surface area contributed by atoms with Crippen molar-refractivity contribution < 1.29 is 14.4 Å². The molecule has 0 saturated carbocycles. The van der Waals surface area contributed by atoms with Gasteiger partial charge in [0.05, 0.1) is 17.5 Å². The van der Waals surface area contributed by atoms with E-state index < -0.39 is 0 Å². The molecule has 4 nitrogen and oxygen atoms in total. The summed E-state index contributed by atoms with van der Waals surface area (Å²) in [6.07, 6.45) is 4.99. The van der Waals surface area contributed by atoms with Gasteiger partial charge in [-0.2, -0.15) is 0 Å². The molecule has 4 rings (SSSR count). The molecule has 26 heavy (non-hydrogen) atoms. The van der Waals surface area contributed by atoms with Crippen LogP contribution in [0.5, 0.6) is 0 Å². The minimum atomic E-state index is -0.345. The van der Waals surface area contributed by atoms with Crippen molar-refractivity contribution in [2.75, 3.05) is 4.90 Å². The number of carbonyl (C=O) groups is 3. The van der Waals surface area contributed by atoms with E-state index in [-0.39, 0.29) is 35.0 Å². The lowest BCUT2D eigenvalue weighted by atomic mass is 9.85. The second kappa shape index (κ2) is 6.54. The maximum atomic E-state index is 13.0. The van der Waals surface area contributed by atoms with E-state index in [0.717, 1.165) is 0 Å². The van der Waals surface area contributed by atoms with Gasteiger partial charge < -0.3 is 0 Å². The fourth-order valence-electron chi connectivity index (χ4n) is 3.67. The molecule has 1 aliphatic heterocycles. The van der Waals surface area contributed by atoms with Crippen LogP contribution in [0.15, 0.2) is 60.7 Å². The molecule has 1 heterocycles. The molecule has 2 aromatic carbocycles. The maximum absolute atomic E-state index is 13.0. The van der Waals surface area contributed by atoms with Gasteiger partial charge in [-0.25, -0.2) is 4.90 Å². The molecular formula is C21H16ClNO3. The molecule has 2 aromatic rings. The zero-order chi connectivity index (χ0) is 18.3. The van der Waals surface area contributed by atoms with Crippen LogP contribution in [0.3, 0.4) is 0 Å². The van der Waals surface area contributed by atoms with Gasteiger partial charge >= 0.3 is 0 Å². The van der Waals surface area contributed by atoms with E-state index in [1.807, 2.05) is 18.2 Å². The molecule has 1 fully saturated rings. The van der Waals surface area contributed by atoms with Gasteiger partial charge in [-0.05, 0) is 31.0 Å². The smallest absolute Gasteiger partial charge is 0.238 e. The summed E-state index contributed by atoms with van der Waals surface area (Å²) in [4.78, 5) is 39.9. The number of halogens is 1. The Hall–Kier alpha value is -2.72. The molecule has 1 saturated heterocycles. The van der Waals surface area contributed by atoms with Crippen LogP contribution in [0, 0.1) is 11.8 Å². The number of hydrogen-bond donors (Lipinski definition) is 0. The summed E-state index contributed by atoms with van der Waals surface area (Å²) >= 11 is 6.10. The van der Waals surface area contributed by atoms with Crippen LogP contribution in [0.4, 0.5) is 5.69 Å². The normalized spacial score (nSPS) is 21.8. The topological polar surface area (TPSA) is 54.5 Å². The third-order valence-corrected chi connectivity index (χ3v) is 5.22. The molecule has 0 radical (unpaired) electrons. The zero-order valence-electron chi connectivity index (χ0n) is 13.9. The van der Waals surface area contributed by atoms with Crippen LogP contribution in [0.1, 0.15) is 28.8 Å². The van der Waals surface area contributed by atoms with Crippen molar-refractivity contribution in [3.63, 3.8) is 0 Å². The van der Waals surface area contributed by atoms with Crippen LogP contribution in [-0.2, 0) is 9.59 Å². The molecule has 2 aliphatic rings. The molecule has 0 N–H and O–H groups in total. The average Bonchev–Trinajstić information content (AvgIpc) is 2.93. The Morgan fingerprint density at radius 3 is 2.15 bits per heavy atom. The molecule has 5 heteroatoms. The van der Waals surface area contributed by atoms with E-state index in [1.54, 1.807) is 36.4 Å². The summed E-state index contributed by atoms with van der Waals surface area (Å²) in [6, 6.07) is 13.5. The zero-order valence-corrected chi connectivity index (χ0v) is 14.6. The van der Waals surface area contributed by atoms with Gasteiger partial charge in [0.15, 0.2) is 5.78 Å². The van der Waals surface area contributed by atoms with E-state index >= 15 is 0 Å². The van der Waals surface area contributed by atoms with Crippen LogP contribution in [-0.4, -0.2) is 17.6 Å². The third-order valence-electron chi connectivity index (χ3n) is 4.99. The molecule has 2 amide bonds. The summed E-state index contributed by atoms with van der Waals surface area (Å²) in [7, 11) is 0. The Balaban J connectivity index is 1.79. The highest BCUT2D eigenvalue weighted by Gasteiger charge is 2.48. The molecule has 0 aromatic heterocycles. The first-order chi connectivity index (χ1) is 12.6. The number of amides is 2. The number of ketones is 1. The van der Waals surface area contributed by atoms with E-state index in [4.69, 9.17) is 11.6 Å². The minimum absolute atomic E-state index is 0.242. The largest absolute Gasteiger partial charge is 0.289 e. The fourth-order valence-corrected chi connectivity index (χ4v) is 3.84. The Kier molecular flexibility index (Phi) is 4.21. The Bertz CT molecular complexity index is 910. The number of nitrogens with zero attached hydrogens (tertiary/aromatic N) is 1. The summed E-state index contributed by atoms with van der Waals surface area (Å²) in [5.41, 5.74) is 1.05. The lowest BCUT2D eigenvalue weighted by Crippen LogP contribution is -2.32. The highest BCUT2D eigenvalue weighted by molar-refractivity contribution is 6.32. The predicted molar refractivity (Wildman–Crippen MR) is 99.2 cm³/mol. The number of benzene rings is 2. The molecule has 130 valence electrons. The van der Waals surface area contributed by atoms with Gasteiger partial charge in [0.25, 0.3) is 0 Å². The van der Waals surface area contributed by atoms with Crippen molar-refractivity contribution in [1.29, 1.82) is 0 Å². The molecule has 0 spiro atoms. The van der Waals surface area contributed by atoms with Crippen molar-refractivity contribution in [3.8, 4) is 0 Å². The summed E-state index contributed by atoms with van der Waals surface area (Å²) in [5, 5.41) is 0.381. The highest BCUT2D eigenvalue weighted by Crippen LogP contribution is 2.39. The SMILES string of the molecule is O=C(c1ccccc1)c1cc(Cl)ccc1N1C(=O)[C@H]2CC=CC[C@@H]2C1=O. The number of allylic oxidation sites excluding steroid dienone is 2. The quantitative estimate of drug-likeness (QED) is 0.469. The van der Waals surface area contributed by atoms with Gasteiger partial charge in [-0.3, -0.25) is 14.4 Å². The fraction of sp³-hybridized carbons (Fsp3) is 0.190. The van der Waals surface area contributed by atoms with Crippen molar-refractivity contribution in [3.05, 3.63) is 76.8 Å². The minimum Gasteiger partial charge on any atom is -0.289 e. The summed E-state index contributed by atoms with van der Waals surface area (Å²) < 4.78 is 0. The van der Waals surface area contributed by atoms with Gasteiger partial charge in [0.2, 0.25) is 11.8 Å². The predicted octanol–water partition coefficient (Wildman–Crippen LogP) is 4.03. The van der Waals surface area contributed by atoms with Gasteiger partial charge in [-0.1, -0.05) is 54.1 Å². The monoisotopic (exact) mass is 365 g/mol. The van der Waals surface area contributed by atoms with Crippen LogP contribution in [0.25, 0.3) is 0 Å². The number of imide groups is 1. The molecule has 1 aliphatic carbocycles. The van der Waals surface area contributed by atoms with E-state index in [2.05, 4.69) is 0 Å². The summed E-state index contributed by atoms with van der Waals surface area (Å²) in [6.45, 7) is 0. The Labute approximate surface area is 156 Å². The molecule has 2 atom stereocenters. The third kappa shape index (κ3) is 2.67. The molecule has 0 unspecified atom stereocenters. The Morgan fingerprint density at radius 1 is 0.923 bits per heavy atom. The molecular weight excluding hydrogens is 350 g/mol. The van der Waals surface area contributed by atoms with Crippen molar-refractivity contribution in [2.45, 2.75) is 12.8 Å². The first-order valence-electron chi connectivity index (χ1n) is 8.50. The van der Waals surface area contributed by atoms with Crippen LogP contribution >= 0.6 is 11.6 Å². The van der Waals surface area contributed by atoms with Gasteiger partial charge in [0, 0.05) is 16.1 Å². The average molecular weight is 366 g/mol. The summed E-state index contributed by atoms with van der Waals surface area (Å²) in [5.74, 6) is -1.44. The standard InChI is InChI=1S/C21H16ClNO3/c22-14-10-11-18(17(12-14)19(24)13-6-2-1-3-7-13)23-20(25)15-8-4-5-9-16(15)21(23)26/h1-7,10-12,15-16H,8-9H2/t15-,16-/m0/s1. The lowest BCUT2D eigenvalue weighted by Gasteiger charge is -2.18. The Morgan fingerprint density at radius 2 is 1.54 bits per heavy atom. The number of hydrogen-bond acceptors (Lipinski definition) is 3. The second-order valence-corrected chi connectivity index (χ2v) is 6.96. The first-order valence-corrected chi connectivity index (χ1v) is 8.88.